The van der Waals surface area contributed by atoms with Crippen molar-refractivity contribution in [1.29, 1.82) is 0 Å². The summed E-state index contributed by atoms with van der Waals surface area (Å²) in [5.41, 5.74) is 6.72. The van der Waals surface area contributed by atoms with Crippen molar-refractivity contribution in [2.75, 3.05) is 7.11 Å². The van der Waals surface area contributed by atoms with Gasteiger partial charge in [-0.05, 0) is 41.8 Å². The molecule has 0 fully saturated rings. The second-order valence-electron chi connectivity index (χ2n) is 6.30. The molecule has 0 unspecified atom stereocenters. The number of hydrazone groups is 1. The average molecular weight is 346 g/mol. The number of hydrogen-bond donors (Lipinski definition) is 1. The second-order valence-corrected chi connectivity index (χ2v) is 6.30. The molecular formula is C22H22N2O2. The molecule has 4 nitrogen and oxygen atoms in total. The molecule has 1 N–H and O–H groups in total. The van der Waals surface area contributed by atoms with Crippen LogP contribution in [0.3, 0.4) is 0 Å². The molecule has 1 amide bonds. The summed E-state index contributed by atoms with van der Waals surface area (Å²) in [6.45, 7) is 4.03. The van der Waals surface area contributed by atoms with Crippen molar-refractivity contribution in [3.8, 4) is 5.75 Å². The molecule has 0 spiro atoms. The van der Waals surface area contributed by atoms with E-state index in [0.29, 0.717) is 6.42 Å². The van der Waals surface area contributed by atoms with Gasteiger partial charge in [0.1, 0.15) is 5.75 Å². The van der Waals surface area contributed by atoms with Crippen LogP contribution in [0.25, 0.3) is 10.8 Å². The number of methoxy groups -OCH3 is 1. The number of hydrogen-bond acceptors (Lipinski definition) is 3. The molecule has 0 saturated carbocycles. The lowest BCUT2D eigenvalue weighted by atomic mass is 10.0. The summed E-state index contributed by atoms with van der Waals surface area (Å²) >= 11 is 0. The molecule has 0 radical (unpaired) electrons. The molecule has 0 aliphatic carbocycles. The first-order chi connectivity index (χ1) is 12.6. The molecule has 3 aromatic carbocycles. The van der Waals surface area contributed by atoms with E-state index in [9.17, 15) is 4.79 Å². The first-order valence-corrected chi connectivity index (χ1v) is 8.52. The van der Waals surface area contributed by atoms with Crippen molar-refractivity contribution in [1.82, 2.24) is 5.43 Å². The third-order valence-electron chi connectivity index (χ3n) is 4.39. The van der Waals surface area contributed by atoms with E-state index in [1.54, 1.807) is 13.3 Å². The van der Waals surface area contributed by atoms with Crippen LogP contribution in [0.5, 0.6) is 5.75 Å². The number of amides is 1. The van der Waals surface area contributed by atoms with Crippen molar-refractivity contribution in [3.63, 3.8) is 0 Å². The van der Waals surface area contributed by atoms with Gasteiger partial charge in [0.15, 0.2) is 0 Å². The van der Waals surface area contributed by atoms with Crippen molar-refractivity contribution < 1.29 is 9.53 Å². The summed E-state index contributed by atoms with van der Waals surface area (Å²) in [7, 11) is 1.63. The van der Waals surface area contributed by atoms with Crippen molar-refractivity contribution >= 4 is 22.9 Å². The Morgan fingerprint density at radius 3 is 2.73 bits per heavy atom. The lowest BCUT2D eigenvalue weighted by molar-refractivity contribution is -0.120. The minimum absolute atomic E-state index is 0.144. The Balaban J connectivity index is 1.77. The van der Waals surface area contributed by atoms with Gasteiger partial charge in [0.25, 0.3) is 0 Å². The van der Waals surface area contributed by atoms with Crippen LogP contribution in [0.4, 0.5) is 0 Å². The summed E-state index contributed by atoms with van der Waals surface area (Å²) in [4.78, 5) is 12.2. The summed E-state index contributed by atoms with van der Waals surface area (Å²) in [5.74, 6) is 0.574. The van der Waals surface area contributed by atoms with Gasteiger partial charge in [0.2, 0.25) is 5.91 Å². The maximum absolute atomic E-state index is 12.2. The van der Waals surface area contributed by atoms with Gasteiger partial charge in [0.05, 0.1) is 19.7 Å². The van der Waals surface area contributed by atoms with Gasteiger partial charge in [-0.3, -0.25) is 4.79 Å². The van der Waals surface area contributed by atoms with Gasteiger partial charge in [-0.15, -0.1) is 0 Å². The van der Waals surface area contributed by atoms with Gasteiger partial charge in [-0.2, -0.15) is 5.10 Å². The number of aryl methyl sites for hydroxylation is 2. The van der Waals surface area contributed by atoms with E-state index < -0.39 is 0 Å². The fourth-order valence-electron chi connectivity index (χ4n) is 2.96. The molecule has 3 aromatic rings. The van der Waals surface area contributed by atoms with Gasteiger partial charge in [-0.1, -0.05) is 54.1 Å². The minimum Gasteiger partial charge on any atom is -0.496 e. The highest BCUT2D eigenvalue weighted by Crippen LogP contribution is 2.26. The molecule has 0 saturated heterocycles. The van der Waals surface area contributed by atoms with Crippen LogP contribution in [0.2, 0.25) is 0 Å². The monoisotopic (exact) mass is 346 g/mol. The molecular weight excluding hydrogens is 324 g/mol. The van der Waals surface area contributed by atoms with Crippen molar-refractivity contribution in [2.24, 2.45) is 5.10 Å². The summed E-state index contributed by atoms with van der Waals surface area (Å²) < 4.78 is 5.43. The molecule has 4 heteroatoms. The molecule has 0 heterocycles. The predicted octanol–water partition coefficient (Wildman–Crippen LogP) is 4.16. The topological polar surface area (TPSA) is 50.7 Å². The normalized spacial score (nSPS) is 11.0. The smallest absolute Gasteiger partial charge is 0.244 e. The van der Waals surface area contributed by atoms with Crippen LogP contribution in [0.15, 0.2) is 59.7 Å². The number of nitrogens with zero attached hydrogens (tertiary/aromatic N) is 1. The Morgan fingerprint density at radius 2 is 1.92 bits per heavy atom. The molecule has 0 atom stereocenters. The van der Waals surface area contributed by atoms with E-state index >= 15 is 0 Å². The van der Waals surface area contributed by atoms with E-state index in [0.717, 1.165) is 38.8 Å². The van der Waals surface area contributed by atoms with E-state index in [2.05, 4.69) is 10.5 Å². The number of fused-ring (bicyclic) bond motifs is 1. The quantitative estimate of drug-likeness (QED) is 0.557. The number of nitrogens with one attached hydrogen (secondary N) is 1. The third-order valence-corrected chi connectivity index (χ3v) is 4.39. The number of ether oxygens (including phenoxy) is 1. The fraction of sp³-hybridized carbons (Fsp3) is 0.182. The highest BCUT2D eigenvalue weighted by Gasteiger charge is 2.08. The fourth-order valence-corrected chi connectivity index (χ4v) is 2.96. The average Bonchev–Trinajstić information content (AvgIpc) is 2.64. The third kappa shape index (κ3) is 3.91. The number of rotatable bonds is 5. The Labute approximate surface area is 153 Å². The zero-order valence-electron chi connectivity index (χ0n) is 15.2. The largest absolute Gasteiger partial charge is 0.496 e. The van der Waals surface area contributed by atoms with E-state index in [4.69, 9.17) is 4.74 Å². The van der Waals surface area contributed by atoms with Gasteiger partial charge < -0.3 is 4.74 Å². The summed E-state index contributed by atoms with van der Waals surface area (Å²) in [6, 6.07) is 18.0. The molecule has 0 bridgehead atoms. The molecule has 0 aromatic heterocycles. The lowest BCUT2D eigenvalue weighted by Crippen LogP contribution is -2.20. The maximum Gasteiger partial charge on any atom is 0.244 e. The zero-order chi connectivity index (χ0) is 18.5. The lowest BCUT2D eigenvalue weighted by Gasteiger charge is -2.09. The molecule has 132 valence electrons. The maximum atomic E-state index is 12.2. The standard InChI is InChI=1S/C22H22N2O2/c1-15-8-9-16(2)18(12-15)13-22(25)24-23-14-20-19-7-5-4-6-17(19)10-11-21(20)26-3/h4-12,14H,13H2,1-3H3,(H,24,25)/b23-14-. The number of benzene rings is 3. The number of carbonyl (C=O) groups excluding carboxylic acids is 1. The van der Waals surface area contributed by atoms with Gasteiger partial charge in [0, 0.05) is 5.56 Å². The van der Waals surface area contributed by atoms with E-state index in [-0.39, 0.29) is 5.91 Å². The first kappa shape index (κ1) is 17.7. The highest BCUT2D eigenvalue weighted by molar-refractivity contribution is 6.02. The molecule has 0 aliphatic heterocycles. The Morgan fingerprint density at radius 1 is 1.12 bits per heavy atom. The predicted molar refractivity (Wildman–Crippen MR) is 106 cm³/mol. The molecule has 26 heavy (non-hydrogen) atoms. The summed E-state index contributed by atoms with van der Waals surface area (Å²) in [5, 5.41) is 6.27. The van der Waals surface area contributed by atoms with Crippen LogP contribution in [-0.4, -0.2) is 19.2 Å². The van der Waals surface area contributed by atoms with Crippen molar-refractivity contribution in [2.45, 2.75) is 20.3 Å². The Hall–Kier alpha value is -3.14. The van der Waals surface area contributed by atoms with Crippen LogP contribution in [0, 0.1) is 13.8 Å². The van der Waals surface area contributed by atoms with E-state index in [1.165, 1.54) is 0 Å². The van der Waals surface area contributed by atoms with Crippen LogP contribution >= 0.6 is 0 Å². The second kappa shape index (κ2) is 7.83. The SMILES string of the molecule is COc1ccc2ccccc2c1/C=N\NC(=O)Cc1cc(C)ccc1C. The van der Waals surface area contributed by atoms with Crippen LogP contribution in [-0.2, 0) is 11.2 Å². The Bertz CT molecular complexity index is 977. The molecule has 0 aliphatic rings. The molecule has 3 rings (SSSR count). The van der Waals surface area contributed by atoms with Crippen LogP contribution in [0.1, 0.15) is 22.3 Å². The first-order valence-electron chi connectivity index (χ1n) is 8.52. The van der Waals surface area contributed by atoms with E-state index in [1.807, 2.05) is 68.4 Å². The Kier molecular flexibility index (Phi) is 5.32. The summed E-state index contributed by atoms with van der Waals surface area (Å²) in [6.07, 6.45) is 1.94. The van der Waals surface area contributed by atoms with Gasteiger partial charge >= 0.3 is 0 Å². The minimum atomic E-state index is -0.144. The van der Waals surface area contributed by atoms with Gasteiger partial charge in [-0.25, -0.2) is 5.43 Å². The zero-order valence-corrected chi connectivity index (χ0v) is 15.2. The number of carbonyl (C=O) groups is 1. The van der Waals surface area contributed by atoms with Crippen molar-refractivity contribution in [3.05, 3.63) is 76.9 Å². The van der Waals surface area contributed by atoms with Crippen LogP contribution < -0.4 is 10.2 Å². The highest BCUT2D eigenvalue weighted by atomic mass is 16.5.